The molecule has 1 aliphatic carbocycles. The fourth-order valence-electron chi connectivity index (χ4n) is 5.52. The molecule has 0 amide bonds. The van der Waals surface area contributed by atoms with E-state index in [4.69, 9.17) is 23.7 Å². The Bertz CT molecular complexity index is 1400. The first kappa shape index (κ1) is 32.5. The van der Waals surface area contributed by atoms with Crippen LogP contribution in [0, 0.1) is 0 Å². The highest BCUT2D eigenvalue weighted by Crippen LogP contribution is 2.34. The van der Waals surface area contributed by atoms with Crippen molar-refractivity contribution in [2.24, 2.45) is 0 Å². The molecule has 0 heterocycles. The third-order valence-corrected chi connectivity index (χ3v) is 7.83. The number of carbonyl (C=O) groups is 1. The van der Waals surface area contributed by atoms with Gasteiger partial charge in [-0.2, -0.15) is 0 Å². The summed E-state index contributed by atoms with van der Waals surface area (Å²) in [5.74, 6) is -0.415. The van der Waals surface area contributed by atoms with E-state index in [0.717, 1.165) is 22.3 Å². The molecular weight excluding hydrogens is 568 g/mol. The number of rotatable bonds is 15. The van der Waals surface area contributed by atoms with Crippen LogP contribution in [0.1, 0.15) is 42.0 Å². The van der Waals surface area contributed by atoms with E-state index in [0.29, 0.717) is 6.42 Å². The standard InChI is InChI=1S/C38H42O7/c1-2-15-32(39)45-35-33(40)34(41-24-28-16-7-3-8-17-28)36(42-25-29-18-9-4-10-19-29)38(44-27-31-22-13-6-14-23-31)37(35)43-26-30-20-11-5-12-21-30/h3-14,16-23,33-38,40H,2,15,24-27H2,1H3/t33-,34+,35-,36-,37+,38+/m1/s1. The molecule has 5 rings (SSSR count). The second-order valence-electron chi connectivity index (χ2n) is 11.2. The van der Waals surface area contributed by atoms with Crippen LogP contribution in [0.5, 0.6) is 0 Å². The fourth-order valence-corrected chi connectivity index (χ4v) is 5.52. The summed E-state index contributed by atoms with van der Waals surface area (Å²) < 4.78 is 32.2. The number of hydrogen-bond acceptors (Lipinski definition) is 7. The molecule has 0 radical (unpaired) electrons. The molecular formula is C38H42O7. The van der Waals surface area contributed by atoms with E-state index in [2.05, 4.69) is 0 Å². The van der Waals surface area contributed by atoms with Crippen LogP contribution in [0.2, 0.25) is 0 Å². The van der Waals surface area contributed by atoms with E-state index < -0.39 is 42.6 Å². The van der Waals surface area contributed by atoms with Crippen LogP contribution in [-0.4, -0.2) is 47.7 Å². The summed E-state index contributed by atoms with van der Waals surface area (Å²) in [6, 6.07) is 39.2. The van der Waals surface area contributed by atoms with E-state index in [1.54, 1.807) is 0 Å². The predicted octanol–water partition coefficient (Wildman–Crippen LogP) is 6.41. The zero-order valence-electron chi connectivity index (χ0n) is 25.7. The number of ether oxygens (including phenoxy) is 5. The maximum absolute atomic E-state index is 12.9. The lowest BCUT2D eigenvalue weighted by molar-refractivity contribution is -0.277. The van der Waals surface area contributed by atoms with Crippen molar-refractivity contribution < 1.29 is 33.6 Å². The summed E-state index contributed by atoms with van der Waals surface area (Å²) in [5, 5.41) is 11.9. The van der Waals surface area contributed by atoms with Crippen molar-refractivity contribution in [1.82, 2.24) is 0 Å². The summed E-state index contributed by atoms with van der Waals surface area (Å²) in [7, 11) is 0. The first-order valence-electron chi connectivity index (χ1n) is 15.6. The maximum Gasteiger partial charge on any atom is 0.306 e. The second-order valence-corrected chi connectivity index (χ2v) is 11.2. The lowest BCUT2D eigenvalue weighted by Gasteiger charge is -2.48. The normalized spacial score (nSPS) is 23.0. The van der Waals surface area contributed by atoms with Gasteiger partial charge in [0.1, 0.15) is 30.5 Å². The lowest BCUT2D eigenvalue weighted by atomic mass is 9.83. The molecule has 6 atom stereocenters. The Morgan fingerprint density at radius 2 is 0.822 bits per heavy atom. The monoisotopic (exact) mass is 610 g/mol. The Hall–Kier alpha value is -3.85. The molecule has 45 heavy (non-hydrogen) atoms. The highest BCUT2D eigenvalue weighted by Gasteiger charge is 2.55. The minimum atomic E-state index is -1.24. The highest BCUT2D eigenvalue weighted by molar-refractivity contribution is 5.69. The average molecular weight is 611 g/mol. The molecule has 1 saturated carbocycles. The van der Waals surface area contributed by atoms with Gasteiger partial charge in [0.25, 0.3) is 0 Å². The Morgan fingerprint density at radius 1 is 0.511 bits per heavy atom. The Morgan fingerprint density at radius 3 is 1.18 bits per heavy atom. The molecule has 7 heteroatoms. The summed E-state index contributed by atoms with van der Waals surface area (Å²) in [5.41, 5.74) is 3.81. The van der Waals surface area contributed by atoms with Gasteiger partial charge < -0.3 is 28.8 Å². The van der Waals surface area contributed by atoms with Crippen LogP contribution in [0.25, 0.3) is 0 Å². The Kier molecular flexibility index (Phi) is 12.3. The van der Waals surface area contributed by atoms with Gasteiger partial charge in [-0.15, -0.1) is 0 Å². The summed E-state index contributed by atoms with van der Waals surface area (Å²) in [6.45, 7) is 2.89. The molecule has 4 aromatic carbocycles. The van der Waals surface area contributed by atoms with Crippen LogP contribution in [0.3, 0.4) is 0 Å². The minimum Gasteiger partial charge on any atom is -0.457 e. The first-order valence-corrected chi connectivity index (χ1v) is 15.6. The molecule has 0 aliphatic heterocycles. The zero-order chi connectivity index (χ0) is 31.3. The number of esters is 1. The van der Waals surface area contributed by atoms with E-state index >= 15 is 0 Å². The quantitative estimate of drug-likeness (QED) is 0.156. The van der Waals surface area contributed by atoms with Gasteiger partial charge in [0.05, 0.1) is 26.4 Å². The number of carbonyl (C=O) groups excluding carboxylic acids is 1. The predicted molar refractivity (Wildman–Crippen MR) is 171 cm³/mol. The summed E-state index contributed by atoms with van der Waals surface area (Å²) in [4.78, 5) is 12.9. The molecule has 0 aromatic heterocycles. The van der Waals surface area contributed by atoms with Crippen LogP contribution in [-0.2, 0) is 54.9 Å². The largest absolute Gasteiger partial charge is 0.457 e. The van der Waals surface area contributed by atoms with Gasteiger partial charge in [-0.25, -0.2) is 0 Å². The van der Waals surface area contributed by atoms with Gasteiger partial charge in [0.15, 0.2) is 6.10 Å². The third kappa shape index (κ3) is 9.33. The number of hydrogen-bond donors (Lipinski definition) is 1. The maximum atomic E-state index is 12.9. The Balaban J connectivity index is 1.50. The van der Waals surface area contributed by atoms with Crippen molar-refractivity contribution in [3.63, 3.8) is 0 Å². The second kappa shape index (κ2) is 17.0. The smallest absolute Gasteiger partial charge is 0.306 e. The van der Waals surface area contributed by atoms with E-state index in [1.165, 1.54) is 0 Å². The molecule has 0 saturated heterocycles. The molecule has 0 bridgehead atoms. The van der Waals surface area contributed by atoms with E-state index in [9.17, 15) is 9.90 Å². The molecule has 7 nitrogen and oxygen atoms in total. The molecule has 236 valence electrons. The lowest BCUT2D eigenvalue weighted by Crippen LogP contribution is -2.67. The van der Waals surface area contributed by atoms with E-state index in [-0.39, 0.29) is 32.8 Å². The van der Waals surface area contributed by atoms with Crippen molar-refractivity contribution in [3.05, 3.63) is 144 Å². The van der Waals surface area contributed by atoms with Gasteiger partial charge >= 0.3 is 5.97 Å². The van der Waals surface area contributed by atoms with Crippen LogP contribution in [0.4, 0.5) is 0 Å². The van der Waals surface area contributed by atoms with Crippen molar-refractivity contribution in [2.75, 3.05) is 0 Å². The molecule has 1 aliphatic rings. The molecule has 0 spiro atoms. The fraction of sp³-hybridized carbons (Fsp3) is 0.342. The van der Waals surface area contributed by atoms with Crippen molar-refractivity contribution in [2.45, 2.75) is 82.8 Å². The topological polar surface area (TPSA) is 83.5 Å². The molecule has 4 aromatic rings. The van der Waals surface area contributed by atoms with Gasteiger partial charge in [0, 0.05) is 6.42 Å². The number of aliphatic hydroxyl groups excluding tert-OH is 1. The Labute approximate surface area is 265 Å². The summed E-state index contributed by atoms with van der Waals surface area (Å²) >= 11 is 0. The minimum absolute atomic E-state index is 0.216. The van der Waals surface area contributed by atoms with Crippen LogP contribution >= 0.6 is 0 Å². The van der Waals surface area contributed by atoms with Crippen LogP contribution < -0.4 is 0 Å². The van der Waals surface area contributed by atoms with Crippen LogP contribution in [0.15, 0.2) is 121 Å². The number of aliphatic hydroxyl groups is 1. The summed E-state index contributed by atoms with van der Waals surface area (Å²) in [6.07, 6.45) is -4.70. The van der Waals surface area contributed by atoms with Gasteiger partial charge in [-0.1, -0.05) is 128 Å². The first-order chi connectivity index (χ1) is 22.1. The SMILES string of the molecule is CCCC(=O)O[C@@H]1[C@H](O)[C@H](OCc2ccccc2)[C@@H](OCc2ccccc2)[C@H](OCc2ccccc2)[C@H]1OCc1ccccc1. The third-order valence-electron chi connectivity index (χ3n) is 7.83. The van der Waals surface area contributed by atoms with Gasteiger partial charge in [-0.05, 0) is 28.7 Å². The van der Waals surface area contributed by atoms with Crippen molar-refractivity contribution in [1.29, 1.82) is 0 Å². The average Bonchev–Trinajstić information content (AvgIpc) is 3.08. The molecule has 0 unspecified atom stereocenters. The van der Waals surface area contributed by atoms with Gasteiger partial charge in [0.2, 0.25) is 0 Å². The van der Waals surface area contributed by atoms with Crippen molar-refractivity contribution in [3.8, 4) is 0 Å². The van der Waals surface area contributed by atoms with Crippen molar-refractivity contribution >= 4 is 5.97 Å². The number of benzene rings is 4. The van der Waals surface area contributed by atoms with E-state index in [1.807, 2.05) is 128 Å². The zero-order valence-corrected chi connectivity index (χ0v) is 25.7. The van der Waals surface area contributed by atoms with Gasteiger partial charge in [-0.3, -0.25) is 4.79 Å². The molecule has 1 N–H and O–H groups in total. The molecule has 1 fully saturated rings. The highest BCUT2D eigenvalue weighted by atomic mass is 16.6.